The molecular formula is C27H26ClN3O. The van der Waals surface area contributed by atoms with Gasteiger partial charge in [-0.25, -0.2) is 9.13 Å². The van der Waals surface area contributed by atoms with Crippen molar-refractivity contribution < 1.29 is 21.8 Å². The van der Waals surface area contributed by atoms with Gasteiger partial charge in [0.05, 0.1) is 13.1 Å². The summed E-state index contributed by atoms with van der Waals surface area (Å²) in [6.45, 7) is 3.51. The zero-order valence-corrected chi connectivity index (χ0v) is 18.8. The minimum absolute atomic E-state index is 0. The molecule has 4 nitrogen and oxygen atoms in total. The van der Waals surface area contributed by atoms with Crippen molar-refractivity contribution in [3.05, 3.63) is 90.6 Å². The molecule has 2 heterocycles. The lowest BCUT2D eigenvalue weighted by atomic mass is 10.0. The van der Waals surface area contributed by atoms with Crippen molar-refractivity contribution in [3.63, 3.8) is 0 Å². The number of Topliss-reactive ketones (excluding diaryl/α,β-unsaturated/α-hetero) is 1. The number of ketones is 1. The molecule has 4 aromatic rings. The molecule has 32 heavy (non-hydrogen) atoms. The van der Waals surface area contributed by atoms with Crippen LogP contribution in [-0.2, 0) is 6.54 Å². The van der Waals surface area contributed by atoms with Crippen LogP contribution in [0, 0.1) is 0 Å². The van der Waals surface area contributed by atoms with Gasteiger partial charge in [-0.05, 0) is 43.0 Å². The number of hydrogen-bond donors (Lipinski definition) is 1. The maximum Gasteiger partial charge on any atom is 0.362 e. The highest BCUT2D eigenvalue weighted by Crippen LogP contribution is 2.28. The fraction of sp³-hybridized carbons (Fsp3) is 0.185. The number of nitrogens with zero attached hydrogens (tertiary/aromatic N) is 2. The summed E-state index contributed by atoms with van der Waals surface area (Å²) in [5, 5.41) is 3.62. The van der Waals surface area contributed by atoms with E-state index in [2.05, 4.69) is 69.2 Å². The lowest BCUT2D eigenvalue weighted by Crippen LogP contribution is -3.00. The second kappa shape index (κ2) is 9.41. The first-order valence-electron chi connectivity index (χ1n) is 10.9. The van der Waals surface area contributed by atoms with Gasteiger partial charge in [0.15, 0.2) is 5.78 Å². The lowest BCUT2D eigenvalue weighted by Gasteiger charge is -2.07. The van der Waals surface area contributed by atoms with Crippen LogP contribution in [0.3, 0.4) is 0 Å². The molecule has 3 aromatic carbocycles. The molecule has 0 spiro atoms. The number of hydrogen-bond acceptors (Lipinski definition) is 2. The molecule has 5 rings (SSSR count). The number of aromatic nitrogens is 2. The van der Waals surface area contributed by atoms with Crippen molar-refractivity contribution in [2.45, 2.75) is 26.3 Å². The van der Waals surface area contributed by atoms with Crippen LogP contribution in [0.15, 0.2) is 85.1 Å². The Morgan fingerprint density at radius 2 is 1.56 bits per heavy atom. The first-order valence-corrected chi connectivity index (χ1v) is 10.9. The average Bonchev–Trinajstić information content (AvgIpc) is 3.00. The van der Waals surface area contributed by atoms with E-state index in [1.54, 1.807) is 6.92 Å². The van der Waals surface area contributed by atoms with Crippen molar-refractivity contribution in [1.29, 1.82) is 0 Å². The van der Waals surface area contributed by atoms with Gasteiger partial charge >= 0.3 is 5.95 Å². The third-order valence-corrected chi connectivity index (χ3v) is 5.95. The Kier molecular flexibility index (Phi) is 6.42. The van der Waals surface area contributed by atoms with Crippen LogP contribution in [0.1, 0.15) is 30.1 Å². The number of nitrogens with one attached hydrogen (secondary N) is 1. The fourth-order valence-electron chi connectivity index (χ4n) is 4.37. The van der Waals surface area contributed by atoms with Gasteiger partial charge < -0.3 is 12.4 Å². The van der Waals surface area contributed by atoms with E-state index < -0.39 is 0 Å². The van der Waals surface area contributed by atoms with E-state index in [4.69, 9.17) is 0 Å². The molecule has 0 amide bonds. The summed E-state index contributed by atoms with van der Waals surface area (Å²) >= 11 is 0. The zero-order chi connectivity index (χ0) is 21.2. The van der Waals surface area contributed by atoms with E-state index in [0.29, 0.717) is 0 Å². The number of imidazole rings is 1. The highest BCUT2D eigenvalue weighted by molar-refractivity contribution is 6.00. The monoisotopic (exact) mass is 443 g/mol. The lowest BCUT2D eigenvalue weighted by molar-refractivity contribution is -0.670. The van der Waals surface area contributed by atoms with E-state index in [9.17, 15) is 4.79 Å². The Labute approximate surface area is 194 Å². The van der Waals surface area contributed by atoms with Gasteiger partial charge in [-0.1, -0.05) is 66.7 Å². The number of benzene rings is 3. The van der Waals surface area contributed by atoms with Crippen molar-refractivity contribution in [2.24, 2.45) is 0 Å². The molecule has 0 fully saturated rings. The molecule has 162 valence electrons. The molecule has 5 heteroatoms. The SMILES string of the molecule is CC(=O)c1ccccc1-c1cn(-c2ccc(-c3ccccc3)cc2)c2[n+]1CCCCN2.[Cl-]. The van der Waals surface area contributed by atoms with E-state index in [0.717, 1.165) is 54.4 Å². The van der Waals surface area contributed by atoms with Crippen LogP contribution in [0.4, 0.5) is 5.95 Å². The average molecular weight is 444 g/mol. The smallest absolute Gasteiger partial charge is 0.362 e. The van der Waals surface area contributed by atoms with Gasteiger partial charge in [-0.15, -0.1) is 0 Å². The Morgan fingerprint density at radius 3 is 2.31 bits per heavy atom. The van der Waals surface area contributed by atoms with Crippen LogP contribution in [0.2, 0.25) is 0 Å². The predicted molar refractivity (Wildman–Crippen MR) is 125 cm³/mol. The molecule has 1 aliphatic heterocycles. The van der Waals surface area contributed by atoms with Gasteiger partial charge in [0.25, 0.3) is 0 Å². The maximum atomic E-state index is 12.3. The van der Waals surface area contributed by atoms with Gasteiger partial charge in [0.2, 0.25) is 0 Å². The van der Waals surface area contributed by atoms with Crippen LogP contribution in [0.5, 0.6) is 0 Å². The van der Waals surface area contributed by atoms with Crippen molar-refractivity contribution in [2.75, 3.05) is 11.9 Å². The molecule has 0 bridgehead atoms. The zero-order valence-electron chi connectivity index (χ0n) is 18.1. The van der Waals surface area contributed by atoms with E-state index >= 15 is 0 Å². The summed E-state index contributed by atoms with van der Waals surface area (Å²) in [5.74, 6) is 1.16. The number of carbonyl (C=O) groups excluding carboxylic acids is 1. The second-order valence-electron chi connectivity index (χ2n) is 8.01. The van der Waals surface area contributed by atoms with Gasteiger partial charge in [-0.2, -0.15) is 0 Å². The maximum absolute atomic E-state index is 12.3. The minimum Gasteiger partial charge on any atom is -1.00 e. The Morgan fingerprint density at radius 1 is 0.875 bits per heavy atom. The van der Waals surface area contributed by atoms with Crippen LogP contribution in [-0.4, -0.2) is 16.9 Å². The molecule has 0 aliphatic carbocycles. The molecule has 1 aromatic heterocycles. The van der Waals surface area contributed by atoms with E-state index in [-0.39, 0.29) is 18.2 Å². The number of fused-ring (bicyclic) bond motifs is 1. The standard InChI is InChI=1S/C27H25N3O.ClH/c1-20(31)24-11-5-6-12-25(24)26-19-30(27-28-17-7-8-18-29(26)27)23-15-13-22(14-16-23)21-9-3-2-4-10-21;/h2-6,9-16,19H,7-8,17-18H2,1H3;1H. The number of anilines is 1. The summed E-state index contributed by atoms with van der Waals surface area (Å²) in [4.78, 5) is 12.3. The van der Waals surface area contributed by atoms with Gasteiger partial charge in [0.1, 0.15) is 17.6 Å². The van der Waals surface area contributed by atoms with E-state index in [1.807, 2.05) is 30.3 Å². The van der Waals surface area contributed by atoms with Crippen LogP contribution in [0.25, 0.3) is 28.1 Å². The Hall–Kier alpha value is -3.37. The molecule has 0 saturated heterocycles. The van der Waals surface area contributed by atoms with Gasteiger partial charge in [-0.3, -0.25) is 10.1 Å². The largest absolute Gasteiger partial charge is 1.00 e. The third-order valence-electron chi connectivity index (χ3n) is 5.95. The van der Waals surface area contributed by atoms with Crippen molar-refractivity contribution in [1.82, 2.24) is 4.57 Å². The summed E-state index contributed by atoms with van der Waals surface area (Å²) < 4.78 is 4.53. The molecule has 1 N–H and O–H groups in total. The molecule has 0 atom stereocenters. The normalized spacial score (nSPS) is 12.8. The number of carbonyl (C=O) groups is 1. The summed E-state index contributed by atoms with van der Waals surface area (Å²) in [7, 11) is 0. The second-order valence-corrected chi connectivity index (χ2v) is 8.01. The fourth-order valence-corrected chi connectivity index (χ4v) is 4.37. The van der Waals surface area contributed by atoms with Crippen LogP contribution >= 0.6 is 0 Å². The topological polar surface area (TPSA) is 37.9 Å². The minimum atomic E-state index is 0. The number of rotatable bonds is 4. The quantitative estimate of drug-likeness (QED) is 0.389. The summed E-state index contributed by atoms with van der Waals surface area (Å²) in [6.07, 6.45) is 4.40. The first-order chi connectivity index (χ1) is 15.2. The van der Waals surface area contributed by atoms with E-state index in [1.165, 1.54) is 11.1 Å². The molecule has 0 radical (unpaired) electrons. The predicted octanol–water partition coefficient (Wildman–Crippen LogP) is 2.51. The number of halogens is 1. The summed E-state index contributed by atoms with van der Waals surface area (Å²) in [5.41, 5.74) is 6.33. The molecule has 1 aliphatic rings. The van der Waals surface area contributed by atoms with Crippen LogP contribution < -0.4 is 22.3 Å². The van der Waals surface area contributed by atoms with Crippen molar-refractivity contribution in [3.8, 4) is 28.1 Å². The first kappa shape index (κ1) is 21.8. The highest BCUT2D eigenvalue weighted by Gasteiger charge is 2.27. The van der Waals surface area contributed by atoms with Gasteiger partial charge in [0, 0.05) is 11.1 Å². The third kappa shape index (κ3) is 4.06. The van der Waals surface area contributed by atoms with Crippen molar-refractivity contribution >= 4 is 11.7 Å². The molecule has 0 unspecified atom stereocenters. The molecule has 0 saturated carbocycles. The Balaban J connectivity index is 0.00000245. The summed E-state index contributed by atoms with van der Waals surface area (Å²) in [6, 6.07) is 27.0. The highest BCUT2D eigenvalue weighted by atomic mass is 35.5. The Bertz CT molecular complexity index is 1230. The molecular weight excluding hydrogens is 418 g/mol.